The van der Waals surface area contributed by atoms with E-state index in [0.29, 0.717) is 6.04 Å². The predicted molar refractivity (Wildman–Crippen MR) is 106 cm³/mol. The topological polar surface area (TPSA) is 57.5 Å². The third-order valence-corrected chi connectivity index (χ3v) is 4.87. The van der Waals surface area contributed by atoms with Gasteiger partial charge < -0.3 is 10.6 Å². The van der Waals surface area contributed by atoms with Crippen LogP contribution in [0.3, 0.4) is 0 Å². The first-order chi connectivity index (χ1) is 12.8. The second-order valence-corrected chi connectivity index (χ2v) is 6.75. The Bertz CT molecular complexity index is 652. The number of guanidine groups is 1. The van der Waals surface area contributed by atoms with Gasteiger partial charge in [-0.05, 0) is 37.4 Å². The van der Waals surface area contributed by atoms with Gasteiger partial charge >= 0.3 is 0 Å². The lowest BCUT2D eigenvalue weighted by molar-refractivity contribution is 0.245. The molecule has 1 aromatic carbocycles. The molecular weight excluding hydrogens is 324 g/mol. The van der Waals surface area contributed by atoms with Gasteiger partial charge in [0, 0.05) is 51.7 Å². The van der Waals surface area contributed by atoms with E-state index < -0.39 is 0 Å². The SMILES string of the molecule is CN=C(NCCCn1cccn1)NCC1CCCN1Cc1ccccc1. The van der Waals surface area contributed by atoms with Crippen LogP contribution in [0, 0.1) is 0 Å². The molecule has 1 saturated heterocycles. The van der Waals surface area contributed by atoms with Crippen molar-refractivity contribution in [3.05, 3.63) is 54.4 Å². The predicted octanol–water partition coefficient (Wildman–Crippen LogP) is 2.10. The first-order valence-corrected chi connectivity index (χ1v) is 9.55. The number of nitrogens with zero attached hydrogens (tertiary/aromatic N) is 4. The maximum atomic E-state index is 4.35. The van der Waals surface area contributed by atoms with Crippen LogP contribution >= 0.6 is 0 Å². The van der Waals surface area contributed by atoms with E-state index in [4.69, 9.17) is 0 Å². The quantitative estimate of drug-likeness (QED) is 0.433. The summed E-state index contributed by atoms with van der Waals surface area (Å²) < 4.78 is 1.96. The molecule has 0 amide bonds. The summed E-state index contributed by atoms with van der Waals surface area (Å²) in [6, 6.07) is 13.3. The molecule has 2 aromatic rings. The second kappa shape index (κ2) is 9.97. The summed E-state index contributed by atoms with van der Waals surface area (Å²) in [6.07, 6.45) is 7.35. The molecule has 0 saturated carbocycles. The number of hydrogen-bond donors (Lipinski definition) is 2. The number of benzene rings is 1. The average Bonchev–Trinajstić information content (AvgIpc) is 3.34. The van der Waals surface area contributed by atoms with Gasteiger partial charge in [0.2, 0.25) is 0 Å². The molecule has 1 aliphatic rings. The van der Waals surface area contributed by atoms with Crippen molar-refractivity contribution >= 4 is 5.96 Å². The minimum atomic E-state index is 0.567. The van der Waals surface area contributed by atoms with E-state index in [1.807, 2.05) is 30.2 Å². The highest BCUT2D eigenvalue weighted by Gasteiger charge is 2.24. The number of aliphatic imine (C=N–C) groups is 1. The zero-order valence-corrected chi connectivity index (χ0v) is 15.6. The van der Waals surface area contributed by atoms with E-state index in [1.54, 1.807) is 0 Å². The number of aromatic nitrogens is 2. The Balaban J connectivity index is 1.38. The van der Waals surface area contributed by atoms with Crippen LogP contribution in [0.4, 0.5) is 0 Å². The summed E-state index contributed by atoms with van der Waals surface area (Å²) in [4.78, 5) is 6.92. The van der Waals surface area contributed by atoms with Crippen molar-refractivity contribution in [3.63, 3.8) is 0 Å². The van der Waals surface area contributed by atoms with Crippen LogP contribution in [0.1, 0.15) is 24.8 Å². The van der Waals surface area contributed by atoms with Gasteiger partial charge in [0.25, 0.3) is 0 Å². The van der Waals surface area contributed by atoms with Crippen LogP contribution in [0.25, 0.3) is 0 Å². The van der Waals surface area contributed by atoms with Gasteiger partial charge in [-0.25, -0.2) is 0 Å². The largest absolute Gasteiger partial charge is 0.356 e. The van der Waals surface area contributed by atoms with Crippen molar-refractivity contribution < 1.29 is 0 Å². The van der Waals surface area contributed by atoms with Gasteiger partial charge in [-0.3, -0.25) is 14.6 Å². The Labute approximate surface area is 156 Å². The van der Waals surface area contributed by atoms with Crippen molar-refractivity contribution in [2.45, 2.75) is 38.4 Å². The minimum Gasteiger partial charge on any atom is -0.356 e. The van der Waals surface area contributed by atoms with Crippen molar-refractivity contribution in [2.75, 3.05) is 26.7 Å². The molecule has 0 bridgehead atoms. The molecule has 2 N–H and O–H groups in total. The molecule has 1 aliphatic heterocycles. The van der Waals surface area contributed by atoms with Crippen molar-refractivity contribution in [1.29, 1.82) is 0 Å². The summed E-state index contributed by atoms with van der Waals surface area (Å²) in [5.41, 5.74) is 1.39. The Kier molecular flexibility index (Phi) is 7.07. The van der Waals surface area contributed by atoms with E-state index in [1.165, 1.54) is 24.9 Å². The second-order valence-electron chi connectivity index (χ2n) is 6.75. The van der Waals surface area contributed by atoms with Gasteiger partial charge in [-0.15, -0.1) is 0 Å². The number of likely N-dealkylation sites (tertiary alicyclic amines) is 1. The molecule has 1 fully saturated rings. The zero-order chi connectivity index (χ0) is 18.0. The maximum absolute atomic E-state index is 4.35. The highest BCUT2D eigenvalue weighted by Crippen LogP contribution is 2.19. The smallest absolute Gasteiger partial charge is 0.191 e. The van der Waals surface area contributed by atoms with Crippen LogP contribution in [-0.2, 0) is 13.1 Å². The average molecular weight is 355 g/mol. The normalized spacial score (nSPS) is 18.2. The summed E-state index contributed by atoms with van der Waals surface area (Å²) in [7, 11) is 1.83. The lowest BCUT2D eigenvalue weighted by atomic mass is 10.2. The Morgan fingerprint density at radius 3 is 2.88 bits per heavy atom. The van der Waals surface area contributed by atoms with Gasteiger partial charge in [0.15, 0.2) is 5.96 Å². The molecule has 1 unspecified atom stereocenters. The fraction of sp³-hybridized carbons (Fsp3) is 0.500. The third-order valence-electron chi connectivity index (χ3n) is 4.87. The molecule has 1 atom stereocenters. The van der Waals surface area contributed by atoms with Gasteiger partial charge in [0.05, 0.1) is 0 Å². The molecule has 140 valence electrons. The first-order valence-electron chi connectivity index (χ1n) is 9.55. The van der Waals surface area contributed by atoms with Crippen LogP contribution in [0.15, 0.2) is 53.8 Å². The Hall–Kier alpha value is -2.34. The van der Waals surface area contributed by atoms with Crippen molar-refractivity contribution in [1.82, 2.24) is 25.3 Å². The molecule has 6 nitrogen and oxygen atoms in total. The molecule has 1 aromatic heterocycles. The van der Waals surface area contributed by atoms with E-state index in [0.717, 1.165) is 38.6 Å². The van der Waals surface area contributed by atoms with Gasteiger partial charge in [-0.1, -0.05) is 30.3 Å². The molecule has 3 rings (SSSR count). The van der Waals surface area contributed by atoms with Crippen molar-refractivity contribution in [2.24, 2.45) is 4.99 Å². The molecular formula is C20H30N6. The van der Waals surface area contributed by atoms with E-state index >= 15 is 0 Å². The number of aryl methyl sites for hydroxylation is 1. The third kappa shape index (κ3) is 5.59. The first kappa shape index (κ1) is 18.5. The van der Waals surface area contributed by atoms with Gasteiger partial charge in [-0.2, -0.15) is 5.10 Å². The summed E-state index contributed by atoms with van der Waals surface area (Å²) >= 11 is 0. The minimum absolute atomic E-state index is 0.567. The molecule has 26 heavy (non-hydrogen) atoms. The van der Waals surface area contributed by atoms with E-state index in [9.17, 15) is 0 Å². The van der Waals surface area contributed by atoms with E-state index in [2.05, 4.69) is 56.0 Å². The molecule has 0 aliphatic carbocycles. The Morgan fingerprint density at radius 1 is 1.23 bits per heavy atom. The number of nitrogens with one attached hydrogen (secondary N) is 2. The maximum Gasteiger partial charge on any atom is 0.191 e. The van der Waals surface area contributed by atoms with E-state index in [-0.39, 0.29) is 0 Å². The molecule has 0 spiro atoms. The van der Waals surface area contributed by atoms with Crippen LogP contribution in [0.5, 0.6) is 0 Å². The highest BCUT2D eigenvalue weighted by atomic mass is 15.3. The van der Waals surface area contributed by atoms with Gasteiger partial charge in [0.1, 0.15) is 0 Å². The Morgan fingerprint density at radius 2 is 2.12 bits per heavy atom. The standard InChI is InChI=1S/C20H30N6/c1-21-20(22-11-6-14-26-15-7-12-24-26)23-16-19-10-5-13-25(19)17-18-8-3-2-4-9-18/h2-4,7-9,12,15,19H,5-6,10-11,13-14,16-17H2,1H3,(H2,21,22,23). The number of rotatable bonds is 8. The summed E-state index contributed by atoms with van der Waals surface area (Å²) in [6.45, 7) is 4.95. The highest BCUT2D eigenvalue weighted by molar-refractivity contribution is 5.79. The summed E-state index contributed by atoms with van der Waals surface area (Å²) in [5, 5.41) is 11.1. The van der Waals surface area contributed by atoms with Crippen LogP contribution in [0.2, 0.25) is 0 Å². The number of hydrogen-bond acceptors (Lipinski definition) is 3. The summed E-state index contributed by atoms with van der Waals surface area (Å²) in [5.74, 6) is 0.886. The van der Waals surface area contributed by atoms with Crippen LogP contribution in [-0.4, -0.2) is 53.4 Å². The fourth-order valence-corrected chi connectivity index (χ4v) is 3.47. The molecule has 0 radical (unpaired) electrons. The zero-order valence-electron chi connectivity index (χ0n) is 15.6. The lowest BCUT2D eigenvalue weighted by Crippen LogP contribution is -2.45. The molecule has 2 heterocycles. The monoisotopic (exact) mass is 354 g/mol. The van der Waals surface area contributed by atoms with Crippen LogP contribution < -0.4 is 10.6 Å². The fourth-order valence-electron chi connectivity index (χ4n) is 3.47. The lowest BCUT2D eigenvalue weighted by Gasteiger charge is -2.25. The molecule has 6 heteroatoms. The van der Waals surface area contributed by atoms with Crippen molar-refractivity contribution in [3.8, 4) is 0 Å².